The second-order valence-electron chi connectivity index (χ2n) is 3.51. The predicted octanol–water partition coefficient (Wildman–Crippen LogP) is 0.946. The number of aromatic carboxylic acids is 1. The normalized spacial score (nSPS) is 11.1. The van der Waals surface area contributed by atoms with Gasteiger partial charge in [0.15, 0.2) is 0 Å². The van der Waals surface area contributed by atoms with Crippen LogP contribution >= 0.6 is 0 Å². The Bertz CT molecular complexity index is 518. The van der Waals surface area contributed by atoms with E-state index in [1.807, 2.05) is 13.8 Å². The average molecular weight is 206 g/mol. The van der Waals surface area contributed by atoms with Gasteiger partial charge in [0.1, 0.15) is 0 Å². The van der Waals surface area contributed by atoms with Crippen molar-refractivity contribution in [3.8, 4) is 0 Å². The Balaban J connectivity index is 2.61. The van der Waals surface area contributed by atoms with E-state index in [1.165, 1.54) is 4.40 Å². The molecule has 0 aliphatic heterocycles. The van der Waals surface area contributed by atoms with E-state index in [4.69, 9.17) is 5.11 Å². The molecule has 2 rings (SSSR count). The van der Waals surface area contributed by atoms with E-state index in [-0.39, 0.29) is 11.7 Å². The van der Waals surface area contributed by atoms with Gasteiger partial charge in [-0.15, -0.1) is 10.2 Å². The van der Waals surface area contributed by atoms with Crippen LogP contribution in [0.15, 0.2) is 12.3 Å². The number of hydrogen-bond donors (Lipinski definition) is 1. The highest BCUT2D eigenvalue weighted by Crippen LogP contribution is 2.12. The molecular formula is C9H10N4O2. The van der Waals surface area contributed by atoms with Gasteiger partial charge in [-0.2, -0.15) is 0 Å². The summed E-state index contributed by atoms with van der Waals surface area (Å²) in [6, 6.07) is 1.77. The molecule has 0 aliphatic rings. The molecule has 78 valence electrons. The number of hydrogen-bond acceptors (Lipinski definition) is 4. The van der Waals surface area contributed by atoms with Crippen LogP contribution in [-0.2, 0) is 0 Å². The van der Waals surface area contributed by atoms with Gasteiger partial charge in [-0.05, 0) is 12.0 Å². The van der Waals surface area contributed by atoms with Crippen LogP contribution in [0.4, 0.5) is 0 Å². The maximum atomic E-state index is 10.7. The van der Waals surface area contributed by atoms with Crippen molar-refractivity contribution < 1.29 is 9.90 Å². The summed E-state index contributed by atoms with van der Waals surface area (Å²) in [5, 5.41) is 16.0. The SMILES string of the molecule is CC(C)c1ccn2c(C(=O)O)nnc2n1. The summed E-state index contributed by atoms with van der Waals surface area (Å²) in [7, 11) is 0. The fourth-order valence-electron chi connectivity index (χ4n) is 1.27. The molecule has 0 unspecified atom stereocenters. The Morgan fingerprint density at radius 2 is 2.20 bits per heavy atom. The quantitative estimate of drug-likeness (QED) is 0.791. The number of carboxylic acid groups (broad SMARTS) is 1. The summed E-state index contributed by atoms with van der Waals surface area (Å²) in [4.78, 5) is 14.9. The number of nitrogens with zero attached hydrogens (tertiary/aromatic N) is 4. The molecule has 0 saturated carbocycles. The third-order valence-electron chi connectivity index (χ3n) is 2.08. The van der Waals surface area contributed by atoms with Crippen molar-refractivity contribution in [2.75, 3.05) is 0 Å². The molecule has 0 spiro atoms. The lowest BCUT2D eigenvalue weighted by atomic mass is 10.1. The number of aromatic nitrogens is 4. The molecule has 2 aromatic heterocycles. The van der Waals surface area contributed by atoms with Crippen LogP contribution in [0, 0.1) is 0 Å². The molecule has 6 heteroatoms. The standard InChI is InChI=1S/C9H10N4O2/c1-5(2)6-3-4-13-7(8(14)15)11-12-9(13)10-6/h3-5H,1-2H3,(H,14,15). The maximum absolute atomic E-state index is 10.7. The van der Waals surface area contributed by atoms with E-state index in [0.29, 0.717) is 5.78 Å². The van der Waals surface area contributed by atoms with Crippen molar-refractivity contribution in [2.45, 2.75) is 19.8 Å². The van der Waals surface area contributed by atoms with Crippen molar-refractivity contribution in [3.63, 3.8) is 0 Å². The average Bonchev–Trinajstić information content (AvgIpc) is 2.59. The third kappa shape index (κ3) is 1.54. The molecule has 2 heterocycles. The fraction of sp³-hybridized carbons (Fsp3) is 0.333. The van der Waals surface area contributed by atoms with Gasteiger partial charge in [-0.25, -0.2) is 9.78 Å². The molecule has 2 aromatic rings. The van der Waals surface area contributed by atoms with Gasteiger partial charge in [0.25, 0.3) is 5.78 Å². The molecule has 0 amide bonds. The second kappa shape index (κ2) is 3.30. The molecule has 1 N–H and O–H groups in total. The molecule has 0 radical (unpaired) electrons. The first-order valence-corrected chi connectivity index (χ1v) is 4.54. The van der Waals surface area contributed by atoms with E-state index in [1.54, 1.807) is 12.3 Å². The number of carboxylic acids is 1. The zero-order valence-corrected chi connectivity index (χ0v) is 8.38. The smallest absolute Gasteiger partial charge is 0.374 e. The van der Waals surface area contributed by atoms with Crippen LogP contribution < -0.4 is 0 Å². The molecule has 0 saturated heterocycles. The molecular weight excluding hydrogens is 196 g/mol. The van der Waals surface area contributed by atoms with Gasteiger partial charge in [0.2, 0.25) is 5.82 Å². The van der Waals surface area contributed by atoms with Gasteiger partial charge in [-0.1, -0.05) is 13.8 Å². The van der Waals surface area contributed by atoms with Crippen LogP contribution in [0.5, 0.6) is 0 Å². The topological polar surface area (TPSA) is 80.4 Å². The molecule has 0 aromatic carbocycles. The van der Waals surface area contributed by atoms with Crippen molar-refractivity contribution >= 4 is 11.7 Å². The minimum Gasteiger partial charge on any atom is -0.475 e. The van der Waals surface area contributed by atoms with E-state index in [2.05, 4.69) is 15.2 Å². The van der Waals surface area contributed by atoms with E-state index >= 15 is 0 Å². The lowest BCUT2D eigenvalue weighted by molar-refractivity contribution is 0.0682. The van der Waals surface area contributed by atoms with Gasteiger partial charge >= 0.3 is 5.97 Å². The lowest BCUT2D eigenvalue weighted by Gasteiger charge is -2.03. The van der Waals surface area contributed by atoms with E-state index in [0.717, 1.165) is 5.69 Å². The van der Waals surface area contributed by atoms with Crippen molar-refractivity contribution in [2.24, 2.45) is 0 Å². The number of rotatable bonds is 2. The minimum atomic E-state index is -1.11. The summed E-state index contributed by atoms with van der Waals surface area (Å²) < 4.78 is 1.36. The van der Waals surface area contributed by atoms with E-state index < -0.39 is 5.97 Å². The summed E-state index contributed by atoms with van der Waals surface area (Å²) in [6.45, 7) is 4.01. The first-order chi connectivity index (χ1) is 7.09. The van der Waals surface area contributed by atoms with Crippen molar-refractivity contribution in [3.05, 3.63) is 23.8 Å². The molecule has 6 nitrogen and oxygen atoms in total. The molecule has 0 aliphatic carbocycles. The Kier molecular flexibility index (Phi) is 2.11. The fourth-order valence-corrected chi connectivity index (χ4v) is 1.27. The van der Waals surface area contributed by atoms with Crippen LogP contribution in [0.1, 0.15) is 36.1 Å². The summed E-state index contributed by atoms with van der Waals surface area (Å²) in [5.74, 6) is -0.631. The first-order valence-electron chi connectivity index (χ1n) is 4.54. The Morgan fingerprint density at radius 3 is 2.80 bits per heavy atom. The Morgan fingerprint density at radius 1 is 1.47 bits per heavy atom. The largest absolute Gasteiger partial charge is 0.475 e. The highest BCUT2D eigenvalue weighted by Gasteiger charge is 2.13. The molecule has 0 bridgehead atoms. The lowest BCUT2D eigenvalue weighted by Crippen LogP contribution is -2.04. The Labute approximate surface area is 85.6 Å². The number of carbonyl (C=O) groups is 1. The first kappa shape index (κ1) is 9.57. The zero-order valence-electron chi connectivity index (χ0n) is 8.38. The maximum Gasteiger partial charge on any atom is 0.374 e. The predicted molar refractivity (Wildman–Crippen MR) is 51.8 cm³/mol. The third-order valence-corrected chi connectivity index (χ3v) is 2.08. The highest BCUT2D eigenvalue weighted by atomic mass is 16.4. The monoisotopic (exact) mass is 206 g/mol. The van der Waals surface area contributed by atoms with Crippen LogP contribution in [0.2, 0.25) is 0 Å². The van der Waals surface area contributed by atoms with Crippen molar-refractivity contribution in [1.29, 1.82) is 0 Å². The van der Waals surface area contributed by atoms with Crippen LogP contribution in [0.25, 0.3) is 5.78 Å². The zero-order chi connectivity index (χ0) is 11.0. The van der Waals surface area contributed by atoms with Crippen LogP contribution in [0.3, 0.4) is 0 Å². The summed E-state index contributed by atoms with van der Waals surface area (Å²) >= 11 is 0. The van der Waals surface area contributed by atoms with Gasteiger partial charge in [-0.3, -0.25) is 4.40 Å². The van der Waals surface area contributed by atoms with Gasteiger partial charge in [0.05, 0.1) is 0 Å². The van der Waals surface area contributed by atoms with E-state index in [9.17, 15) is 4.79 Å². The van der Waals surface area contributed by atoms with Crippen molar-refractivity contribution in [1.82, 2.24) is 19.6 Å². The second-order valence-corrected chi connectivity index (χ2v) is 3.51. The summed E-state index contributed by atoms with van der Waals surface area (Å²) in [6.07, 6.45) is 1.63. The van der Waals surface area contributed by atoms with Crippen LogP contribution in [-0.4, -0.2) is 30.7 Å². The number of fused-ring (bicyclic) bond motifs is 1. The molecule has 15 heavy (non-hydrogen) atoms. The molecule has 0 atom stereocenters. The highest BCUT2D eigenvalue weighted by molar-refractivity contribution is 5.84. The summed E-state index contributed by atoms with van der Waals surface area (Å²) in [5.41, 5.74) is 0.867. The molecule has 0 fully saturated rings. The van der Waals surface area contributed by atoms with Gasteiger partial charge in [0, 0.05) is 11.9 Å². The Hall–Kier alpha value is -1.98. The van der Waals surface area contributed by atoms with Gasteiger partial charge < -0.3 is 5.11 Å². The minimum absolute atomic E-state index is 0.118.